The van der Waals surface area contributed by atoms with Gasteiger partial charge < -0.3 is 36.9 Å². The van der Waals surface area contributed by atoms with E-state index in [0.29, 0.717) is 18.2 Å². The fraction of sp³-hybridized carbons (Fsp3) is 0.406. The third kappa shape index (κ3) is 11.3. The van der Waals surface area contributed by atoms with Gasteiger partial charge in [0.15, 0.2) is 0 Å². The van der Waals surface area contributed by atoms with E-state index in [4.69, 9.17) is 21.3 Å². The van der Waals surface area contributed by atoms with Gasteiger partial charge in [0.2, 0.25) is 0 Å². The molecule has 1 saturated heterocycles. The summed E-state index contributed by atoms with van der Waals surface area (Å²) in [6, 6.07) is 17.6. The van der Waals surface area contributed by atoms with Gasteiger partial charge in [-0.15, -0.1) is 0 Å². The van der Waals surface area contributed by atoms with Crippen LogP contribution in [0.4, 0.5) is 5.82 Å². The van der Waals surface area contributed by atoms with E-state index >= 15 is 0 Å². The number of aliphatic hydroxyl groups excluding tert-OH is 1. The number of nitrogens with one attached hydrogen (secondary N) is 3. The average molecular weight is 576 g/mol. The number of nitrogens with zero attached hydrogens (tertiary/aromatic N) is 2. The Morgan fingerprint density at radius 3 is 2.31 bits per heavy atom. The first-order valence-corrected chi connectivity index (χ1v) is 14.3. The molecule has 10 nitrogen and oxygen atoms in total. The van der Waals surface area contributed by atoms with Crippen LogP contribution >= 0.6 is 0 Å². The van der Waals surface area contributed by atoms with Gasteiger partial charge >= 0.3 is 0 Å². The second kappa shape index (κ2) is 18.2. The fourth-order valence-electron chi connectivity index (χ4n) is 4.38. The van der Waals surface area contributed by atoms with Crippen molar-refractivity contribution < 1.29 is 9.84 Å². The molecule has 2 aromatic carbocycles. The van der Waals surface area contributed by atoms with Crippen molar-refractivity contribution in [2.45, 2.75) is 59.1 Å². The van der Waals surface area contributed by atoms with E-state index in [1.807, 2.05) is 61.5 Å². The Kier molecular flexibility index (Phi) is 14.7. The number of ether oxygens (including phenoxy) is 1. The lowest BCUT2D eigenvalue weighted by Gasteiger charge is -2.13. The number of nitriles is 1. The number of allylic oxidation sites excluding steroid dienone is 1. The molecule has 0 radical (unpaired) electrons. The summed E-state index contributed by atoms with van der Waals surface area (Å²) in [4.78, 5) is 18.2. The van der Waals surface area contributed by atoms with Crippen LogP contribution in [-0.4, -0.2) is 41.4 Å². The Morgan fingerprint density at radius 1 is 1.14 bits per heavy atom. The van der Waals surface area contributed by atoms with Gasteiger partial charge in [0.25, 0.3) is 5.56 Å². The van der Waals surface area contributed by atoms with Crippen LogP contribution in [0.15, 0.2) is 65.5 Å². The number of nitrogens with two attached hydrogens (primary N) is 2. The van der Waals surface area contributed by atoms with Gasteiger partial charge in [-0.3, -0.25) is 4.79 Å². The van der Waals surface area contributed by atoms with E-state index in [1.54, 1.807) is 7.11 Å². The van der Waals surface area contributed by atoms with Gasteiger partial charge in [-0.2, -0.15) is 5.26 Å². The molecule has 1 unspecified atom stereocenters. The number of aromatic nitrogens is 2. The van der Waals surface area contributed by atoms with Crippen molar-refractivity contribution in [3.63, 3.8) is 0 Å². The predicted molar refractivity (Wildman–Crippen MR) is 169 cm³/mol. The monoisotopic (exact) mass is 575 g/mol. The van der Waals surface area contributed by atoms with Gasteiger partial charge in [-0.05, 0) is 62.4 Å². The largest absolute Gasteiger partial charge is 0.496 e. The van der Waals surface area contributed by atoms with E-state index in [1.165, 1.54) is 38.7 Å². The molecule has 1 aromatic heterocycles. The standard InChI is InChI=1S/C21H20N6O2.C6H14O.C5H11N/c1-29-17-9-13(7-8-15(17)14-5-3-2-4-6-14)11-25-19(23)16(10-22)18-20(24)26-12-27-21(18)28;1-5(2)4-6(3)7;1-2-4-6-5-3-1/h2-9,12,25H,11,23H2,1H3,(H3,24,26,27,28);5-7H,4H2,1-3H3;6H,1-5H2/b19-16+;;. The molecule has 2 heterocycles. The summed E-state index contributed by atoms with van der Waals surface area (Å²) in [6.45, 7) is 8.85. The van der Waals surface area contributed by atoms with Gasteiger partial charge in [-0.25, -0.2) is 4.98 Å². The number of methoxy groups -OCH3 is 1. The van der Waals surface area contributed by atoms with E-state index in [-0.39, 0.29) is 28.9 Å². The number of benzene rings is 2. The minimum atomic E-state index is -0.535. The first-order valence-electron chi connectivity index (χ1n) is 14.3. The molecule has 226 valence electrons. The van der Waals surface area contributed by atoms with Crippen molar-refractivity contribution in [2.75, 3.05) is 25.9 Å². The summed E-state index contributed by atoms with van der Waals surface area (Å²) in [5.41, 5.74) is 14.0. The number of H-pyrrole nitrogens is 1. The summed E-state index contributed by atoms with van der Waals surface area (Å²) in [5, 5.41) is 24.4. The Bertz CT molecular complexity index is 1340. The minimum absolute atomic E-state index is 0.0313. The Morgan fingerprint density at radius 2 is 1.83 bits per heavy atom. The second-order valence-electron chi connectivity index (χ2n) is 10.4. The molecule has 0 amide bonds. The maximum Gasteiger partial charge on any atom is 0.261 e. The highest BCUT2D eigenvalue weighted by molar-refractivity contribution is 5.82. The summed E-state index contributed by atoms with van der Waals surface area (Å²) in [6.07, 6.45) is 6.17. The van der Waals surface area contributed by atoms with E-state index < -0.39 is 5.56 Å². The Balaban J connectivity index is 0.000000390. The van der Waals surface area contributed by atoms with Crippen LogP contribution in [0.1, 0.15) is 57.6 Å². The first kappa shape index (κ1) is 33.9. The summed E-state index contributed by atoms with van der Waals surface area (Å²) in [5.74, 6) is 1.30. The highest BCUT2D eigenvalue weighted by Gasteiger charge is 2.15. The van der Waals surface area contributed by atoms with Crippen LogP contribution < -0.4 is 32.4 Å². The highest BCUT2D eigenvalue weighted by atomic mass is 16.5. The number of rotatable bonds is 8. The molecule has 1 aliphatic heterocycles. The Hall–Kier alpha value is -4.33. The van der Waals surface area contributed by atoms with Crippen molar-refractivity contribution in [1.29, 1.82) is 5.26 Å². The minimum Gasteiger partial charge on any atom is -0.496 e. The lowest BCUT2D eigenvalue weighted by molar-refractivity contribution is 0.168. The third-order valence-electron chi connectivity index (χ3n) is 6.37. The SMILES string of the molecule is C1CCNCC1.CC(C)CC(C)O.COc1cc(CN/C(N)=C(\C#N)c2c(N)nc[nH]c2=O)ccc1-c1ccccc1. The summed E-state index contributed by atoms with van der Waals surface area (Å²) >= 11 is 0. The van der Waals surface area contributed by atoms with Gasteiger partial charge in [0.05, 0.1) is 19.5 Å². The van der Waals surface area contributed by atoms with Crippen LogP contribution in [0.2, 0.25) is 0 Å². The topological polar surface area (TPSA) is 175 Å². The molecule has 0 spiro atoms. The Labute approximate surface area is 248 Å². The normalized spacial score (nSPS) is 13.7. The van der Waals surface area contributed by atoms with Crippen LogP contribution in [0, 0.1) is 17.2 Å². The molecule has 10 heteroatoms. The molecule has 1 fully saturated rings. The van der Waals surface area contributed by atoms with Crippen LogP contribution in [0.3, 0.4) is 0 Å². The quantitative estimate of drug-likeness (QED) is 0.216. The van der Waals surface area contributed by atoms with E-state index in [9.17, 15) is 10.1 Å². The van der Waals surface area contributed by atoms with Gasteiger partial charge in [0.1, 0.15) is 34.6 Å². The molecule has 42 heavy (non-hydrogen) atoms. The van der Waals surface area contributed by atoms with Crippen LogP contribution in [0.25, 0.3) is 16.7 Å². The van der Waals surface area contributed by atoms with Crippen LogP contribution in [0.5, 0.6) is 5.75 Å². The molecule has 1 atom stereocenters. The zero-order chi connectivity index (χ0) is 30.9. The van der Waals surface area contributed by atoms with Crippen LogP contribution in [-0.2, 0) is 6.54 Å². The predicted octanol–water partition coefficient (Wildman–Crippen LogP) is 4.14. The highest BCUT2D eigenvalue weighted by Crippen LogP contribution is 2.30. The molecule has 0 bridgehead atoms. The molecular formula is C32H45N7O3. The maximum atomic E-state index is 12.0. The molecule has 3 aromatic rings. The van der Waals surface area contributed by atoms with Crippen molar-refractivity contribution in [2.24, 2.45) is 11.7 Å². The lowest BCUT2D eigenvalue weighted by atomic mass is 10.0. The van der Waals surface area contributed by atoms with Crippen molar-refractivity contribution in [1.82, 2.24) is 20.6 Å². The zero-order valence-electron chi connectivity index (χ0n) is 25.1. The number of piperidine rings is 1. The van der Waals surface area contributed by atoms with Gasteiger partial charge in [0, 0.05) is 12.1 Å². The number of hydrogen-bond acceptors (Lipinski definition) is 9. The maximum absolute atomic E-state index is 12.0. The molecule has 0 aliphatic carbocycles. The third-order valence-corrected chi connectivity index (χ3v) is 6.37. The number of nitrogen functional groups attached to an aromatic ring is 1. The molecule has 4 rings (SSSR count). The van der Waals surface area contributed by atoms with Crippen molar-refractivity contribution in [3.05, 3.63) is 82.2 Å². The second-order valence-corrected chi connectivity index (χ2v) is 10.4. The fourth-order valence-corrected chi connectivity index (χ4v) is 4.38. The van der Waals surface area contributed by atoms with Gasteiger partial charge in [-0.1, -0.05) is 62.7 Å². The number of anilines is 1. The molecule has 0 saturated carbocycles. The number of aliphatic hydroxyl groups is 1. The van der Waals surface area contributed by atoms with Crippen molar-refractivity contribution in [3.8, 4) is 22.9 Å². The van der Waals surface area contributed by atoms with E-state index in [2.05, 4.69) is 34.4 Å². The smallest absolute Gasteiger partial charge is 0.261 e. The molecular weight excluding hydrogens is 530 g/mol. The van der Waals surface area contributed by atoms with E-state index in [0.717, 1.165) is 23.1 Å². The number of aromatic amines is 1. The van der Waals surface area contributed by atoms with Crippen molar-refractivity contribution >= 4 is 11.4 Å². The average Bonchev–Trinajstić information content (AvgIpc) is 2.99. The number of hydrogen-bond donors (Lipinski definition) is 6. The molecule has 1 aliphatic rings. The lowest BCUT2D eigenvalue weighted by Crippen LogP contribution is -2.24. The molecule has 8 N–H and O–H groups in total. The first-order chi connectivity index (χ1) is 20.2. The summed E-state index contributed by atoms with van der Waals surface area (Å²) in [7, 11) is 1.61. The summed E-state index contributed by atoms with van der Waals surface area (Å²) < 4.78 is 5.52. The zero-order valence-corrected chi connectivity index (χ0v) is 25.1.